The van der Waals surface area contributed by atoms with Gasteiger partial charge in [0.2, 0.25) is 17.7 Å². The SMILES string of the molecule is CC(C)C(NC(=O)C(CO)NC(=O)C(N)Cc1c[nH]c2ccccc12)C(=O)NC(CC(=O)O)C(=O)O. The molecular formula is C23H31N5O8. The van der Waals surface area contributed by atoms with Gasteiger partial charge < -0.3 is 42.0 Å². The predicted molar refractivity (Wildman–Crippen MR) is 128 cm³/mol. The molecule has 9 N–H and O–H groups in total. The quantitative estimate of drug-likeness (QED) is 0.162. The summed E-state index contributed by atoms with van der Waals surface area (Å²) in [5.41, 5.74) is 7.69. The van der Waals surface area contributed by atoms with Crippen LogP contribution in [0, 0.1) is 5.92 Å². The Balaban J connectivity index is 2.03. The molecule has 0 spiro atoms. The molecule has 1 heterocycles. The van der Waals surface area contributed by atoms with Crippen molar-refractivity contribution in [3.8, 4) is 0 Å². The number of benzene rings is 1. The average molecular weight is 506 g/mol. The van der Waals surface area contributed by atoms with Crippen molar-refractivity contribution in [3.05, 3.63) is 36.0 Å². The summed E-state index contributed by atoms with van der Waals surface area (Å²) in [6.07, 6.45) is 1.03. The highest BCUT2D eigenvalue weighted by atomic mass is 16.4. The van der Waals surface area contributed by atoms with Crippen molar-refractivity contribution in [2.24, 2.45) is 11.7 Å². The van der Waals surface area contributed by atoms with E-state index in [-0.39, 0.29) is 6.42 Å². The van der Waals surface area contributed by atoms with Crippen LogP contribution < -0.4 is 21.7 Å². The molecule has 3 amide bonds. The lowest BCUT2D eigenvalue weighted by atomic mass is 10.0. The summed E-state index contributed by atoms with van der Waals surface area (Å²) in [5, 5.41) is 35.3. The van der Waals surface area contributed by atoms with Crippen molar-refractivity contribution in [3.63, 3.8) is 0 Å². The van der Waals surface area contributed by atoms with E-state index >= 15 is 0 Å². The monoisotopic (exact) mass is 505 g/mol. The maximum atomic E-state index is 12.7. The minimum Gasteiger partial charge on any atom is -0.481 e. The summed E-state index contributed by atoms with van der Waals surface area (Å²) < 4.78 is 0. The summed E-state index contributed by atoms with van der Waals surface area (Å²) in [6.45, 7) is 2.35. The molecule has 4 atom stereocenters. The lowest BCUT2D eigenvalue weighted by Gasteiger charge is -2.26. The van der Waals surface area contributed by atoms with Crippen molar-refractivity contribution in [1.29, 1.82) is 0 Å². The van der Waals surface area contributed by atoms with Gasteiger partial charge in [-0.3, -0.25) is 19.2 Å². The van der Waals surface area contributed by atoms with Gasteiger partial charge in [-0.05, 0) is 24.0 Å². The predicted octanol–water partition coefficient (Wildman–Crippen LogP) is -1.30. The van der Waals surface area contributed by atoms with Gasteiger partial charge in [0.15, 0.2) is 0 Å². The van der Waals surface area contributed by atoms with Crippen molar-refractivity contribution in [1.82, 2.24) is 20.9 Å². The third-order valence-electron chi connectivity index (χ3n) is 5.51. The molecule has 0 aliphatic rings. The van der Waals surface area contributed by atoms with Crippen LogP contribution in [-0.2, 0) is 30.4 Å². The maximum absolute atomic E-state index is 12.7. The maximum Gasteiger partial charge on any atom is 0.326 e. The van der Waals surface area contributed by atoms with Gasteiger partial charge in [-0.1, -0.05) is 32.0 Å². The second-order valence-electron chi connectivity index (χ2n) is 8.64. The fourth-order valence-electron chi connectivity index (χ4n) is 3.53. The molecule has 0 saturated heterocycles. The van der Waals surface area contributed by atoms with E-state index in [1.54, 1.807) is 20.0 Å². The zero-order valence-electron chi connectivity index (χ0n) is 19.9. The van der Waals surface area contributed by atoms with Crippen LogP contribution in [0.15, 0.2) is 30.5 Å². The van der Waals surface area contributed by atoms with Crippen molar-refractivity contribution in [2.75, 3.05) is 6.61 Å². The highest BCUT2D eigenvalue weighted by molar-refractivity contribution is 5.95. The number of aliphatic hydroxyl groups is 1. The molecule has 0 saturated carbocycles. The number of H-pyrrole nitrogens is 1. The zero-order valence-corrected chi connectivity index (χ0v) is 19.9. The van der Waals surface area contributed by atoms with Crippen LogP contribution in [0.5, 0.6) is 0 Å². The van der Waals surface area contributed by atoms with E-state index in [9.17, 15) is 29.1 Å². The molecule has 196 valence electrons. The number of carboxylic acids is 2. The Kier molecular flexibility index (Phi) is 9.93. The van der Waals surface area contributed by atoms with Gasteiger partial charge in [0.1, 0.15) is 18.1 Å². The topological polar surface area (TPSA) is 224 Å². The number of aliphatic carboxylic acids is 2. The van der Waals surface area contributed by atoms with Gasteiger partial charge >= 0.3 is 11.9 Å². The molecule has 13 nitrogen and oxygen atoms in total. The van der Waals surface area contributed by atoms with Gasteiger partial charge in [-0.15, -0.1) is 0 Å². The number of aliphatic hydroxyl groups excluding tert-OH is 1. The van der Waals surface area contributed by atoms with E-state index in [0.717, 1.165) is 16.5 Å². The van der Waals surface area contributed by atoms with Crippen LogP contribution in [0.3, 0.4) is 0 Å². The number of nitrogens with two attached hydrogens (primary N) is 1. The van der Waals surface area contributed by atoms with Crippen molar-refractivity contribution >= 4 is 40.6 Å². The lowest BCUT2D eigenvalue weighted by Crippen LogP contribution is -2.59. The largest absolute Gasteiger partial charge is 0.481 e. The number of carboxylic acid groups (broad SMARTS) is 2. The zero-order chi connectivity index (χ0) is 27.0. The minimum atomic E-state index is -1.70. The standard InChI is InChI=1S/C23H31N5O8/c1-11(2)19(22(34)26-16(23(35)36)8-18(30)31)28-21(33)17(10-29)27-20(32)14(24)7-12-9-25-15-6-4-3-5-13(12)15/h3-6,9,11,14,16-17,19,25,29H,7-8,10,24H2,1-2H3,(H,26,34)(H,27,32)(H,28,33)(H,30,31)(H,35,36). The Labute approximate surface area is 206 Å². The molecule has 0 aliphatic carbocycles. The first-order chi connectivity index (χ1) is 16.9. The number of fused-ring (bicyclic) bond motifs is 1. The summed E-state index contributed by atoms with van der Waals surface area (Å²) in [6, 6.07) is 2.01. The second-order valence-corrected chi connectivity index (χ2v) is 8.64. The molecule has 2 rings (SSSR count). The van der Waals surface area contributed by atoms with Gasteiger partial charge in [0.05, 0.1) is 19.1 Å². The number of para-hydroxylation sites is 1. The molecule has 0 fully saturated rings. The number of aromatic amines is 1. The average Bonchev–Trinajstić information content (AvgIpc) is 3.22. The van der Waals surface area contributed by atoms with Crippen LogP contribution in [0.4, 0.5) is 0 Å². The Morgan fingerprint density at radius 3 is 2.17 bits per heavy atom. The van der Waals surface area contributed by atoms with Crippen LogP contribution >= 0.6 is 0 Å². The number of hydrogen-bond acceptors (Lipinski definition) is 7. The Morgan fingerprint density at radius 1 is 0.944 bits per heavy atom. The highest BCUT2D eigenvalue weighted by Gasteiger charge is 2.32. The van der Waals surface area contributed by atoms with E-state index in [0.29, 0.717) is 0 Å². The normalized spacial score (nSPS) is 14.5. The van der Waals surface area contributed by atoms with Crippen LogP contribution in [0.25, 0.3) is 10.9 Å². The number of nitrogens with one attached hydrogen (secondary N) is 4. The number of carbonyl (C=O) groups excluding carboxylic acids is 3. The second kappa shape index (κ2) is 12.7. The molecule has 13 heteroatoms. The van der Waals surface area contributed by atoms with Crippen molar-refractivity contribution in [2.45, 2.75) is 50.9 Å². The molecule has 0 radical (unpaired) electrons. The van der Waals surface area contributed by atoms with Gasteiger partial charge in [-0.2, -0.15) is 0 Å². The summed E-state index contributed by atoms with van der Waals surface area (Å²) >= 11 is 0. The number of hydrogen-bond donors (Lipinski definition) is 8. The molecule has 4 unspecified atom stereocenters. The lowest BCUT2D eigenvalue weighted by molar-refractivity contribution is -0.147. The van der Waals surface area contributed by atoms with E-state index < -0.39 is 72.8 Å². The van der Waals surface area contributed by atoms with Crippen molar-refractivity contribution < 1.29 is 39.3 Å². The molecule has 0 aliphatic heterocycles. The van der Waals surface area contributed by atoms with E-state index in [4.69, 9.17) is 15.9 Å². The first-order valence-electron chi connectivity index (χ1n) is 11.2. The Bertz CT molecular complexity index is 1110. The first kappa shape index (κ1) is 28.3. The van der Waals surface area contributed by atoms with E-state index in [2.05, 4.69) is 20.9 Å². The first-order valence-corrected chi connectivity index (χ1v) is 11.2. The molecule has 2 aromatic rings. The van der Waals surface area contributed by atoms with Gasteiger partial charge in [0, 0.05) is 17.1 Å². The summed E-state index contributed by atoms with van der Waals surface area (Å²) in [7, 11) is 0. The minimum absolute atomic E-state index is 0.160. The molecule has 0 bridgehead atoms. The van der Waals surface area contributed by atoms with Gasteiger partial charge in [0.25, 0.3) is 0 Å². The summed E-state index contributed by atoms with van der Waals surface area (Å²) in [4.78, 5) is 63.1. The highest BCUT2D eigenvalue weighted by Crippen LogP contribution is 2.18. The third-order valence-corrected chi connectivity index (χ3v) is 5.51. The molecule has 36 heavy (non-hydrogen) atoms. The van der Waals surface area contributed by atoms with Crippen LogP contribution in [0.1, 0.15) is 25.8 Å². The van der Waals surface area contributed by atoms with E-state index in [1.807, 2.05) is 24.3 Å². The third kappa shape index (κ3) is 7.52. The number of aromatic nitrogens is 1. The van der Waals surface area contributed by atoms with E-state index in [1.165, 1.54) is 0 Å². The van der Waals surface area contributed by atoms with Crippen LogP contribution in [0.2, 0.25) is 0 Å². The van der Waals surface area contributed by atoms with Crippen LogP contribution in [-0.4, -0.2) is 80.7 Å². The number of amides is 3. The smallest absolute Gasteiger partial charge is 0.326 e. The molecule has 1 aromatic heterocycles. The Morgan fingerprint density at radius 2 is 1.58 bits per heavy atom. The molecule has 1 aromatic carbocycles. The fraction of sp³-hybridized carbons (Fsp3) is 0.435. The Hall–Kier alpha value is -3.97. The summed E-state index contributed by atoms with van der Waals surface area (Å²) in [5.74, 6) is -6.04. The van der Waals surface area contributed by atoms with Gasteiger partial charge in [-0.25, -0.2) is 4.79 Å². The number of carbonyl (C=O) groups is 5. The fourth-order valence-corrected chi connectivity index (χ4v) is 3.53. The molecular weight excluding hydrogens is 474 g/mol. The number of rotatable bonds is 13.